The van der Waals surface area contributed by atoms with Gasteiger partial charge in [-0.2, -0.15) is 0 Å². The first kappa shape index (κ1) is 21.3. The van der Waals surface area contributed by atoms with Gasteiger partial charge in [-0.05, 0) is 24.5 Å². The van der Waals surface area contributed by atoms with Crippen molar-refractivity contribution in [1.29, 1.82) is 0 Å². The number of aromatic nitrogens is 1. The first-order valence-electron chi connectivity index (χ1n) is 9.37. The molecule has 1 aromatic heterocycles. The quantitative estimate of drug-likeness (QED) is 0.357. The maximum atomic E-state index is 12.7. The summed E-state index contributed by atoms with van der Waals surface area (Å²) in [6, 6.07) is 10.8. The molecule has 0 aliphatic rings. The van der Waals surface area contributed by atoms with E-state index in [0.29, 0.717) is 18.4 Å². The number of Topliss-reactive ketones (excluding diaryl/α,β-unsaturated/α-hetero) is 2. The van der Waals surface area contributed by atoms with Crippen molar-refractivity contribution in [2.24, 2.45) is 0 Å². The van der Waals surface area contributed by atoms with E-state index in [4.69, 9.17) is 0 Å². The Kier molecular flexibility index (Phi) is 7.87. The molecule has 0 saturated heterocycles. The van der Waals surface area contributed by atoms with E-state index in [0.717, 1.165) is 5.56 Å². The average Bonchev–Trinajstić information content (AvgIpc) is 2.72. The number of hydrogen-bond donors (Lipinski definition) is 0. The third kappa shape index (κ3) is 5.74. The molecular weight excluding hydrogens is 358 g/mol. The minimum absolute atomic E-state index is 0.0406. The first-order valence-corrected chi connectivity index (χ1v) is 9.37. The van der Waals surface area contributed by atoms with Gasteiger partial charge >= 0.3 is 5.97 Å². The molecule has 0 saturated carbocycles. The zero-order chi connectivity index (χ0) is 20.5. The fraction of sp³-hybridized carbons (Fsp3) is 0.364. The Bertz CT molecular complexity index is 899. The summed E-state index contributed by atoms with van der Waals surface area (Å²) in [5, 5.41) is 0. The molecule has 0 spiro atoms. The summed E-state index contributed by atoms with van der Waals surface area (Å²) in [7, 11) is 1.33. The average molecular weight is 383 g/mol. The SMILES string of the molecule is CCC(=O)c1cc(C(=O)CCCCC(=O)OC)cn(Cc2ccccc2)c1=O. The molecule has 2 rings (SSSR count). The Morgan fingerprint density at radius 2 is 1.68 bits per heavy atom. The lowest BCUT2D eigenvalue weighted by Gasteiger charge is -2.11. The van der Waals surface area contributed by atoms with E-state index >= 15 is 0 Å². The summed E-state index contributed by atoms with van der Waals surface area (Å²) in [6.45, 7) is 1.97. The van der Waals surface area contributed by atoms with Crippen molar-refractivity contribution in [3.8, 4) is 0 Å². The van der Waals surface area contributed by atoms with Gasteiger partial charge in [-0.25, -0.2) is 0 Å². The minimum atomic E-state index is -0.391. The van der Waals surface area contributed by atoms with Crippen LogP contribution in [0.15, 0.2) is 47.4 Å². The monoisotopic (exact) mass is 383 g/mol. The lowest BCUT2D eigenvalue weighted by molar-refractivity contribution is -0.140. The molecule has 2 aromatic rings. The second-order valence-corrected chi connectivity index (χ2v) is 6.54. The van der Waals surface area contributed by atoms with Crippen LogP contribution in [0.4, 0.5) is 0 Å². The molecule has 1 aromatic carbocycles. The Morgan fingerprint density at radius 3 is 2.32 bits per heavy atom. The number of unbranched alkanes of at least 4 members (excludes halogenated alkanes) is 1. The number of methoxy groups -OCH3 is 1. The van der Waals surface area contributed by atoms with Crippen molar-refractivity contribution in [3.05, 3.63) is 69.6 Å². The fourth-order valence-electron chi connectivity index (χ4n) is 2.88. The molecule has 1 heterocycles. The number of pyridine rings is 1. The van der Waals surface area contributed by atoms with Crippen molar-refractivity contribution in [1.82, 2.24) is 4.57 Å². The molecule has 0 fully saturated rings. The highest BCUT2D eigenvalue weighted by Crippen LogP contribution is 2.12. The van der Waals surface area contributed by atoms with E-state index in [-0.39, 0.29) is 48.9 Å². The van der Waals surface area contributed by atoms with Gasteiger partial charge in [0.1, 0.15) is 0 Å². The predicted molar refractivity (Wildman–Crippen MR) is 106 cm³/mol. The number of benzene rings is 1. The second-order valence-electron chi connectivity index (χ2n) is 6.54. The zero-order valence-electron chi connectivity index (χ0n) is 16.3. The molecule has 0 aliphatic heterocycles. The van der Waals surface area contributed by atoms with Gasteiger partial charge in [-0.15, -0.1) is 0 Å². The van der Waals surface area contributed by atoms with E-state index in [2.05, 4.69) is 4.74 Å². The molecular formula is C22H25NO5. The number of carbonyl (C=O) groups excluding carboxylic acids is 3. The summed E-state index contributed by atoms with van der Waals surface area (Å²) in [6.07, 6.45) is 3.28. The largest absolute Gasteiger partial charge is 0.469 e. The van der Waals surface area contributed by atoms with E-state index in [1.54, 1.807) is 6.92 Å². The lowest BCUT2D eigenvalue weighted by atomic mass is 10.0. The molecule has 148 valence electrons. The normalized spacial score (nSPS) is 10.5. The van der Waals surface area contributed by atoms with Gasteiger partial charge in [0.15, 0.2) is 11.6 Å². The lowest BCUT2D eigenvalue weighted by Crippen LogP contribution is -2.28. The van der Waals surface area contributed by atoms with Gasteiger partial charge in [0, 0.05) is 31.0 Å². The van der Waals surface area contributed by atoms with Crippen LogP contribution in [0.3, 0.4) is 0 Å². The van der Waals surface area contributed by atoms with Gasteiger partial charge in [-0.3, -0.25) is 19.2 Å². The molecule has 6 heteroatoms. The van der Waals surface area contributed by atoms with Gasteiger partial charge < -0.3 is 9.30 Å². The minimum Gasteiger partial charge on any atom is -0.469 e. The number of carbonyl (C=O) groups is 3. The van der Waals surface area contributed by atoms with Crippen molar-refractivity contribution in [2.75, 3.05) is 7.11 Å². The van der Waals surface area contributed by atoms with Crippen molar-refractivity contribution < 1.29 is 19.1 Å². The zero-order valence-corrected chi connectivity index (χ0v) is 16.3. The van der Waals surface area contributed by atoms with Crippen LogP contribution in [-0.2, 0) is 16.1 Å². The molecule has 28 heavy (non-hydrogen) atoms. The van der Waals surface area contributed by atoms with Gasteiger partial charge in [0.25, 0.3) is 5.56 Å². The smallest absolute Gasteiger partial charge is 0.305 e. The maximum Gasteiger partial charge on any atom is 0.305 e. The molecule has 0 N–H and O–H groups in total. The van der Waals surface area contributed by atoms with Gasteiger partial charge in [0.2, 0.25) is 0 Å². The Hall–Kier alpha value is -3.02. The van der Waals surface area contributed by atoms with E-state index < -0.39 is 5.56 Å². The second kappa shape index (κ2) is 10.3. The number of rotatable bonds is 10. The summed E-state index contributed by atoms with van der Waals surface area (Å²) in [5.74, 6) is -0.747. The van der Waals surface area contributed by atoms with Crippen LogP contribution in [0.1, 0.15) is 65.3 Å². The van der Waals surface area contributed by atoms with E-state index in [1.165, 1.54) is 23.9 Å². The van der Waals surface area contributed by atoms with Gasteiger partial charge in [0.05, 0.1) is 19.2 Å². The van der Waals surface area contributed by atoms with Crippen molar-refractivity contribution >= 4 is 17.5 Å². The Balaban J connectivity index is 2.24. The highest BCUT2D eigenvalue weighted by Gasteiger charge is 2.16. The van der Waals surface area contributed by atoms with Gasteiger partial charge in [-0.1, -0.05) is 37.3 Å². The van der Waals surface area contributed by atoms with Crippen LogP contribution in [0, 0.1) is 0 Å². The van der Waals surface area contributed by atoms with Crippen LogP contribution < -0.4 is 5.56 Å². The Labute approximate surface area is 164 Å². The number of esters is 1. The molecule has 0 radical (unpaired) electrons. The maximum absolute atomic E-state index is 12.7. The van der Waals surface area contributed by atoms with Crippen molar-refractivity contribution in [3.63, 3.8) is 0 Å². The molecule has 0 atom stereocenters. The highest BCUT2D eigenvalue weighted by molar-refractivity contribution is 6.00. The molecule has 0 amide bonds. The van der Waals surface area contributed by atoms with Crippen LogP contribution in [-0.4, -0.2) is 29.2 Å². The number of ether oxygens (including phenoxy) is 1. The Morgan fingerprint density at radius 1 is 1.00 bits per heavy atom. The summed E-state index contributed by atoms with van der Waals surface area (Å²) < 4.78 is 6.00. The highest BCUT2D eigenvalue weighted by atomic mass is 16.5. The van der Waals surface area contributed by atoms with E-state index in [9.17, 15) is 19.2 Å². The first-order chi connectivity index (χ1) is 13.5. The molecule has 0 bridgehead atoms. The molecule has 0 aliphatic carbocycles. The third-order valence-corrected chi connectivity index (χ3v) is 4.49. The van der Waals surface area contributed by atoms with Crippen LogP contribution >= 0.6 is 0 Å². The summed E-state index contributed by atoms with van der Waals surface area (Å²) in [5.41, 5.74) is 0.893. The summed E-state index contributed by atoms with van der Waals surface area (Å²) >= 11 is 0. The number of hydrogen-bond acceptors (Lipinski definition) is 5. The molecule has 6 nitrogen and oxygen atoms in total. The van der Waals surface area contributed by atoms with Crippen LogP contribution in [0.5, 0.6) is 0 Å². The fourth-order valence-corrected chi connectivity index (χ4v) is 2.88. The van der Waals surface area contributed by atoms with Crippen molar-refractivity contribution in [2.45, 2.75) is 45.6 Å². The predicted octanol–water partition coefficient (Wildman–Crippen LogP) is 3.41. The number of nitrogens with zero attached hydrogens (tertiary/aromatic N) is 1. The van der Waals surface area contributed by atoms with Crippen LogP contribution in [0.2, 0.25) is 0 Å². The molecule has 0 unspecified atom stereocenters. The summed E-state index contributed by atoms with van der Waals surface area (Å²) in [4.78, 5) is 48.6. The van der Waals surface area contributed by atoms with E-state index in [1.807, 2.05) is 30.3 Å². The number of ketones is 2. The van der Waals surface area contributed by atoms with Crippen LogP contribution in [0.25, 0.3) is 0 Å². The third-order valence-electron chi connectivity index (χ3n) is 4.49. The standard InChI is InChI=1S/C22H25NO5/c1-3-19(24)18-13-17(20(25)11-7-8-12-21(26)28-2)15-23(22(18)27)14-16-9-5-4-6-10-16/h4-6,9-10,13,15H,3,7-8,11-12,14H2,1-2H3. The topological polar surface area (TPSA) is 82.4 Å².